The van der Waals surface area contributed by atoms with Gasteiger partial charge in [-0.15, -0.1) is 0 Å². The van der Waals surface area contributed by atoms with Gasteiger partial charge in [0.2, 0.25) is 11.8 Å². The molecule has 38 heavy (non-hydrogen) atoms. The largest absolute Gasteiger partial charge is 0.493 e. The van der Waals surface area contributed by atoms with Crippen LogP contribution in [-0.4, -0.2) is 60.0 Å². The molecule has 3 aromatic rings. The molecular formula is C30H37N5O3. The Morgan fingerprint density at radius 1 is 0.921 bits per heavy atom. The van der Waals surface area contributed by atoms with Crippen molar-refractivity contribution < 1.29 is 14.3 Å². The van der Waals surface area contributed by atoms with Gasteiger partial charge in [-0.1, -0.05) is 12.1 Å². The zero-order valence-corrected chi connectivity index (χ0v) is 22.8. The molecule has 0 bridgehead atoms. The Hall–Kier alpha value is -3.78. The molecule has 1 aliphatic heterocycles. The van der Waals surface area contributed by atoms with Crippen LogP contribution in [0.15, 0.2) is 67.3 Å². The molecule has 0 N–H and O–H groups in total. The highest BCUT2D eigenvalue weighted by Gasteiger charge is 2.45. The zero-order valence-electron chi connectivity index (χ0n) is 22.8. The van der Waals surface area contributed by atoms with Crippen LogP contribution in [0.2, 0.25) is 0 Å². The van der Waals surface area contributed by atoms with E-state index in [1.165, 1.54) is 11.1 Å². The lowest BCUT2D eigenvalue weighted by atomic mass is 9.90. The van der Waals surface area contributed by atoms with E-state index in [2.05, 4.69) is 27.0 Å². The summed E-state index contributed by atoms with van der Waals surface area (Å²) < 4.78 is 6.12. The molecule has 3 heterocycles. The second-order valence-corrected chi connectivity index (χ2v) is 10.1. The molecule has 0 spiro atoms. The summed E-state index contributed by atoms with van der Waals surface area (Å²) in [5, 5.41) is 0. The minimum atomic E-state index is -1.13. The fraction of sp³-hybridized carbons (Fsp3) is 0.400. The molecular weight excluding hydrogens is 478 g/mol. The van der Waals surface area contributed by atoms with E-state index in [0.717, 1.165) is 38.2 Å². The van der Waals surface area contributed by atoms with Gasteiger partial charge in [-0.25, -0.2) is 0 Å². The van der Waals surface area contributed by atoms with Crippen LogP contribution in [0.4, 0.5) is 11.4 Å². The number of carbonyl (C=O) groups is 2. The number of aromatic nitrogens is 2. The number of benzene rings is 1. The van der Waals surface area contributed by atoms with Crippen LogP contribution >= 0.6 is 0 Å². The third kappa shape index (κ3) is 6.19. The fourth-order valence-electron chi connectivity index (χ4n) is 4.80. The lowest BCUT2D eigenvalue weighted by Crippen LogP contribution is -2.47. The summed E-state index contributed by atoms with van der Waals surface area (Å²) in [6.45, 7) is 8.91. The zero-order chi connectivity index (χ0) is 27.1. The Kier molecular flexibility index (Phi) is 8.73. The standard InChI is InChI=1S/C30H37N5O3/c1-5-35-26-12-11-25(19-27(26)33(4)28(36)30(2,3)29(35)37)38-18-8-16-34(22-24-10-7-15-32-21-24)17-13-23-9-6-14-31-20-23/h6-7,9-12,14-15,19-21H,5,8,13,16-18,22H2,1-4H3. The molecule has 1 aliphatic rings. The topological polar surface area (TPSA) is 78.9 Å². The van der Waals surface area contributed by atoms with Crippen LogP contribution in [0.1, 0.15) is 38.3 Å². The summed E-state index contributed by atoms with van der Waals surface area (Å²) in [4.78, 5) is 40.3. The molecule has 2 aromatic heterocycles. The first-order valence-electron chi connectivity index (χ1n) is 13.2. The first kappa shape index (κ1) is 27.3. The summed E-state index contributed by atoms with van der Waals surface area (Å²) in [6, 6.07) is 13.7. The van der Waals surface area contributed by atoms with E-state index in [0.29, 0.717) is 24.6 Å². The molecule has 0 atom stereocenters. The number of nitrogens with zero attached hydrogens (tertiary/aromatic N) is 5. The first-order valence-corrected chi connectivity index (χ1v) is 13.2. The Morgan fingerprint density at radius 2 is 1.63 bits per heavy atom. The molecule has 8 nitrogen and oxygen atoms in total. The average molecular weight is 516 g/mol. The number of rotatable bonds is 11. The van der Waals surface area contributed by atoms with Crippen molar-refractivity contribution in [2.24, 2.45) is 5.41 Å². The maximum Gasteiger partial charge on any atom is 0.242 e. The maximum absolute atomic E-state index is 13.1. The van der Waals surface area contributed by atoms with Gasteiger partial charge in [-0.2, -0.15) is 0 Å². The van der Waals surface area contributed by atoms with Crippen LogP contribution in [0.5, 0.6) is 5.75 Å². The first-order chi connectivity index (χ1) is 18.3. The van der Waals surface area contributed by atoms with Crippen molar-refractivity contribution in [3.05, 3.63) is 78.4 Å². The van der Waals surface area contributed by atoms with Crippen LogP contribution in [0.25, 0.3) is 0 Å². The number of pyridine rings is 2. The molecule has 8 heteroatoms. The number of ether oxygens (including phenoxy) is 1. The molecule has 0 unspecified atom stereocenters. The van der Waals surface area contributed by atoms with Crippen molar-refractivity contribution in [2.45, 2.75) is 40.2 Å². The Morgan fingerprint density at radius 3 is 2.29 bits per heavy atom. The fourth-order valence-corrected chi connectivity index (χ4v) is 4.80. The van der Waals surface area contributed by atoms with Crippen molar-refractivity contribution >= 4 is 23.2 Å². The highest BCUT2D eigenvalue weighted by Crippen LogP contribution is 2.40. The van der Waals surface area contributed by atoms with Crippen molar-refractivity contribution in [1.29, 1.82) is 0 Å². The highest BCUT2D eigenvalue weighted by atomic mass is 16.5. The lowest BCUT2D eigenvalue weighted by Gasteiger charge is -2.27. The van der Waals surface area contributed by atoms with Gasteiger partial charge >= 0.3 is 0 Å². The van der Waals surface area contributed by atoms with E-state index in [4.69, 9.17) is 4.74 Å². The average Bonchev–Trinajstić information content (AvgIpc) is 2.99. The van der Waals surface area contributed by atoms with E-state index >= 15 is 0 Å². The Bertz CT molecular complexity index is 1230. The second kappa shape index (κ2) is 12.2. The summed E-state index contributed by atoms with van der Waals surface area (Å²) in [5.74, 6) is 0.265. The normalized spacial score (nSPS) is 15.0. The summed E-state index contributed by atoms with van der Waals surface area (Å²) >= 11 is 0. The SMILES string of the molecule is CCN1C(=O)C(C)(C)C(=O)N(C)c2cc(OCCCN(CCc3cccnc3)Cc3cccnc3)ccc21. The monoisotopic (exact) mass is 515 g/mol. The van der Waals surface area contributed by atoms with Crippen molar-refractivity contribution in [3.8, 4) is 5.75 Å². The van der Waals surface area contributed by atoms with Gasteiger partial charge in [0, 0.05) is 64.1 Å². The predicted molar refractivity (Wildman–Crippen MR) is 149 cm³/mol. The molecule has 0 fully saturated rings. The molecule has 0 saturated carbocycles. The van der Waals surface area contributed by atoms with E-state index in [1.807, 2.05) is 49.6 Å². The molecule has 1 aromatic carbocycles. The molecule has 4 rings (SSSR count). The quantitative estimate of drug-likeness (QED) is 0.279. The summed E-state index contributed by atoms with van der Waals surface area (Å²) in [5.41, 5.74) is 2.67. The van der Waals surface area contributed by atoms with Crippen LogP contribution < -0.4 is 14.5 Å². The maximum atomic E-state index is 13.1. The lowest BCUT2D eigenvalue weighted by molar-refractivity contribution is -0.137. The van der Waals surface area contributed by atoms with E-state index in [9.17, 15) is 9.59 Å². The van der Waals surface area contributed by atoms with Crippen LogP contribution in [-0.2, 0) is 22.6 Å². The predicted octanol–water partition coefficient (Wildman–Crippen LogP) is 4.35. The number of fused-ring (bicyclic) bond motifs is 1. The van der Waals surface area contributed by atoms with Crippen LogP contribution in [0.3, 0.4) is 0 Å². The van der Waals surface area contributed by atoms with Crippen molar-refractivity contribution in [2.75, 3.05) is 43.1 Å². The minimum Gasteiger partial charge on any atom is -0.493 e. The highest BCUT2D eigenvalue weighted by molar-refractivity contribution is 6.20. The van der Waals surface area contributed by atoms with Crippen molar-refractivity contribution in [3.63, 3.8) is 0 Å². The summed E-state index contributed by atoms with van der Waals surface area (Å²) in [7, 11) is 1.72. The van der Waals surface area contributed by atoms with E-state index in [1.54, 1.807) is 43.1 Å². The third-order valence-corrected chi connectivity index (χ3v) is 6.99. The van der Waals surface area contributed by atoms with E-state index in [-0.39, 0.29) is 11.8 Å². The minimum absolute atomic E-state index is 0.191. The van der Waals surface area contributed by atoms with Crippen molar-refractivity contribution in [1.82, 2.24) is 14.9 Å². The number of hydrogen-bond acceptors (Lipinski definition) is 6. The molecule has 0 aliphatic carbocycles. The number of hydrogen-bond donors (Lipinski definition) is 0. The van der Waals surface area contributed by atoms with Gasteiger partial charge in [0.25, 0.3) is 0 Å². The third-order valence-electron chi connectivity index (χ3n) is 6.99. The number of amides is 2. The van der Waals surface area contributed by atoms with Gasteiger partial charge in [0.05, 0.1) is 18.0 Å². The van der Waals surface area contributed by atoms with Gasteiger partial charge in [0.1, 0.15) is 11.2 Å². The van der Waals surface area contributed by atoms with Gasteiger partial charge in [-0.05, 0) is 69.0 Å². The van der Waals surface area contributed by atoms with Crippen LogP contribution in [0, 0.1) is 5.41 Å². The van der Waals surface area contributed by atoms with E-state index < -0.39 is 5.41 Å². The van der Waals surface area contributed by atoms with Gasteiger partial charge in [0.15, 0.2) is 0 Å². The van der Waals surface area contributed by atoms with Gasteiger partial charge < -0.3 is 14.5 Å². The second-order valence-electron chi connectivity index (χ2n) is 10.1. The Labute approximate surface area is 225 Å². The number of anilines is 2. The molecule has 200 valence electrons. The molecule has 2 amide bonds. The molecule has 0 saturated heterocycles. The van der Waals surface area contributed by atoms with Gasteiger partial charge in [-0.3, -0.25) is 24.5 Å². The summed E-state index contributed by atoms with van der Waals surface area (Å²) in [6.07, 6.45) is 9.17. The Balaban J connectivity index is 1.40. The molecule has 0 radical (unpaired) electrons. The number of carbonyl (C=O) groups excluding carboxylic acids is 2. The smallest absolute Gasteiger partial charge is 0.242 e.